The minimum absolute atomic E-state index is 0.0688. The third kappa shape index (κ3) is 5.66. The predicted molar refractivity (Wildman–Crippen MR) is 126 cm³/mol. The molecule has 188 valence electrons. The van der Waals surface area contributed by atoms with E-state index in [4.69, 9.17) is 18.9 Å². The highest BCUT2D eigenvalue weighted by molar-refractivity contribution is 6.00. The maximum absolute atomic E-state index is 13.3. The molecule has 3 rings (SSSR count). The molecule has 0 aliphatic carbocycles. The maximum atomic E-state index is 13.3. The Labute approximate surface area is 200 Å². The second-order valence-electron chi connectivity index (χ2n) is 8.93. The van der Waals surface area contributed by atoms with E-state index in [1.54, 1.807) is 26.8 Å². The second kappa shape index (κ2) is 11.3. The summed E-state index contributed by atoms with van der Waals surface area (Å²) in [5, 5.41) is 0. The van der Waals surface area contributed by atoms with Crippen LogP contribution in [0.25, 0.3) is 0 Å². The van der Waals surface area contributed by atoms with E-state index in [9.17, 15) is 14.4 Å². The molecule has 0 spiro atoms. The number of methoxy groups -OCH3 is 3. The number of benzene rings is 1. The Morgan fingerprint density at radius 2 is 1.59 bits per heavy atom. The van der Waals surface area contributed by atoms with Gasteiger partial charge in [-0.05, 0) is 12.3 Å². The number of rotatable bonds is 7. The summed E-state index contributed by atoms with van der Waals surface area (Å²) in [6, 6.07) is 3.41. The van der Waals surface area contributed by atoms with Gasteiger partial charge in [-0.15, -0.1) is 0 Å². The van der Waals surface area contributed by atoms with Crippen molar-refractivity contribution in [3.05, 3.63) is 12.1 Å². The number of carbonyl (C=O) groups is 3. The van der Waals surface area contributed by atoms with Crippen LogP contribution in [-0.2, 0) is 14.3 Å². The Bertz CT molecular complexity index is 880. The monoisotopic (exact) mass is 477 g/mol. The lowest BCUT2D eigenvalue weighted by Gasteiger charge is -2.25. The van der Waals surface area contributed by atoms with Crippen LogP contribution in [0, 0.1) is 11.8 Å². The van der Waals surface area contributed by atoms with E-state index in [0.717, 1.165) is 0 Å². The Kier molecular flexibility index (Phi) is 8.46. The van der Waals surface area contributed by atoms with Gasteiger partial charge in [-0.1, -0.05) is 13.8 Å². The van der Waals surface area contributed by atoms with Crippen molar-refractivity contribution in [2.75, 3.05) is 65.6 Å². The highest BCUT2D eigenvalue weighted by atomic mass is 16.6. The molecule has 1 aromatic rings. The van der Waals surface area contributed by atoms with Gasteiger partial charge in [-0.2, -0.15) is 0 Å². The highest BCUT2D eigenvalue weighted by Crippen LogP contribution is 2.42. The van der Waals surface area contributed by atoms with Gasteiger partial charge in [0.1, 0.15) is 0 Å². The first-order chi connectivity index (χ1) is 16.3. The lowest BCUT2D eigenvalue weighted by molar-refractivity contribution is -0.135. The first kappa shape index (κ1) is 25.5. The van der Waals surface area contributed by atoms with E-state index >= 15 is 0 Å². The molecule has 0 saturated carbocycles. The van der Waals surface area contributed by atoms with Crippen molar-refractivity contribution < 1.29 is 33.3 Å². The normalized spacial score (nSPS) is 18.7. The lowest BCUT2D eigenvalue weighted by Crippen LogP contribution is -2.41. The van der Waals surface area contributed by atoms with E-state index in [0.29, 0.717) is 62.1 Å². The fourth-order valence-electron chi connectivity index (χ4n) is 4.25. The summed E-state index contributed by atoms with van der Waals surface area (Å²) < 4.78 is 21.5. The van der Waals surface area contributed by atoms with E-state index in [1.165, 1.54) is 21.3 Å². The van der Waals surface area contributed by atoms with Crippen LogP contribution in [0.4, 0.5) is 10.5 Å². The molecule has 1 unspecified atom stereocenters. The van der Waals surface area contributed by atoms with Crippen molar-refractivity contribution >= 4 is 23.6 Å². The number of amides is 3. The van der Waals surface area contributed by atoms with Gasteiger partial charge in [0.05, 0.1) is 39.5 Å². The van der Waals surface area contributed by atoms with Crippen molar-refractivity contribution in [2.45, 2.75) is 26.7 Å². The minimum Gasteiger partial charge on any atom is -0.493 e. The molecule has 1 aromatic carbocycles. The zero-order chi connectivity index (χ0) is 24.8. The third-order valence-electron chi connectivity index (χ3n) is 6.04. The van der Waals surface area contributed by atoms with Gasteiger partial charge < -0.3 is 33.6 Å². The number of nitrogens with zero attached hydrogens (tertiary/aromatic N) is 3. The number of anilines is 1. The summed E-state index contributed by atoms with van der Waals surface area (Å²) >= 11 is 0. The molecule has 0 aromatic heterocycles. The number of carbonyl (C=O) groups excluding carboxylic acids is 3. The van der Waals surface area contributed by atoms with Crippen molar-refractivity contribution in [3.8, 4) is 17.2 Å². The van der Waals surface area contributed by atoms with Crippen molar-refractivity contribution in [1.82, 2.24) is 9.80 Å². The van der Waals surface area contributed by atoms with Crippen LogP contribution in [0.3, 0.4) is 0 Å². The molecule has 0 bridgehead atoms. The Morgan fingerprint density at radius 1 is 0.971 bits per heavy atom. The van der Waals surface area contributed by atoms with Crippen molar-refractivity contribution in [3.63, 3.8) is 0 Å². The summed E-state index contributed by atoms with van der Waals surface area (Å²) in [5.74, 6) is 0.928. The molecule has 34 heavy (non-hydrogen) atoms. The zero-order valence-corrected chi connectivity index (χ0v) is 20.7. The molecular weight excluding hydrogens is 442 g/mol. The van der Waals surface area contributed by atoms with Gasteiger partial charge in [-0.25, -0.2) is 4.79 Å². The standard InChI is InChI=1S/C24H35N3O7/c1-16(2)15-34-24(30)26-8-6-7-25(9-10-26)23(29)17-11-21(28)27(14-17)18-12-19(31-3)22(33-5)20(13-18)32-4/h12-13,16-17H,6-11,14-15H2,1-5H3. The molecular formula is C24H35N3O7. The van der Waals surface area contributed by atoms with Crippen LogP contribution in [0.2, 0.25) is 0 Å². The average molecular weight is 478 g/mol. The van der Waals surface area contributed by atoms with Gasteiger partial charge in [-0.3, -0.25) is 9.59 Å². The van der Waals surface area contributed by atoms with Crippen molar-refractivity contribution in [1.29, 1.82) is 0 Å². The van der Waals surface area contributed by atoms with Gasteiger partial charge in [0, 0.05) is 51.3 Å². The van der Waals surface area contributed by atoms with Crippen LogP contribution in [-0.4, -0.2) is 88.4 Å². The molecule has 10 heteroatoms. The number of hydrogen-bond acceptors (Lipinski definition) is 7. The second-order valence-corrected chi connectivity index (χ2v) is 8.93. The molecule has 3 amide bonds. The molecule has 2 saturated heterocycles. The van der Waals surface area contributed by atoms with Crippen LogP contribution >= 0.6 is 0 Å². The highest BCUT2D eigenvalue weighted by Gasteiger charge is 2.38. The van der Waals surface area contributed by atoms with Crippen LogP contribution in [0.1, 0.15) is 26.7 Å². The number of ether oxygens (including phenoxy) is 4. The molecule has 0 radical (unpaired) electrons. The van der Waals surface area contributed by atoms with Gasteiger partial charge >= 0.3 is 6.09 Å². The first-order valence-corrected chi connectivity index (χ1v) is 11.6. The molecule has 10 nitrogen and oxygen atoms in total. The molecule has 1 atom stereocenters. The zero-order valence-electron chi connectivity index (χ0n) is 20.7. The number of hydrogen-bond donors (Lipinski definition) is 0. The Hall–Kier alpha value is -3.17. The summed E-state index contributed by atoms with van der Waals surface area (Å²) in [6.45, 7) is 6.54. The van der Waals surface area contributed by atoms with Gasteiger partial charge in [0.15, 0.2) is 11.5 Å². The van der Waals surface area contributed by atoms with E-state index in [-0.39, 0.29) is 36.8 Å². The van der Waals surface area contributed by atoms with Gasteiger partial charge in [0.2, 0.25) is 17.6 Å². The summed E-state index contributed by atoms with van der Waals surface area (Å²) in [4.78, 5) is 43.4. The quantitative estimate of drug-likeness (QED) is 0.595. The molecule has 2 aliphatic heterocycles. The molecule has 2 fully saturated rings. The summed E-state index contributed by atoms with van der Waals surface area (Å²) in [5.41, 5.74) is 0.588. The fourth-order valence-corrected chi connectivity index (χ4v) is 4.25. The Balaban J connectivity index is 1.66. The smallest absolute Gasteiger partial charge is 0.409 e. The largest absolute Gasteiger partial charge is 0.493 e. The van der Waals surface area contributed by atoms with Crippen LogP contribution in [0.15, 0.2) is 12.1 Å². The van der Waals surface area contributed by atoms with Crippen LogP contribution in [0.5, 0.6) is 17.2 Å². The fraction of sp³-hybridized carbons (Fsp3) is 0.625. The minimum atomic E-state index is -0.453. The third-order valence-corrected chi connectivity index (χ3v) is 6.04. The molecule has 2 aliphatic rings. The van der Waals surface area contributed by atoms with Crippen LogP contribution < -0.4 is 19.1 Å². The van der Waals surface area contributed by atoms with E-state index in [1.807, 2.05) is 13.8 Å². The summed E-state index contributed by atoms with van der Waals surface area (Å²) in [6.07, 6.45) is 0.457. The Morgan fingerprint density at radius 3 is 2.18 bits per heavy atom. The predicted octanol–water partition coefficient (Wildman–Crippen LogP) is 2.39. The molecule has 0 N–H and O–H groups in total. The SMILES string of the molecule is COc1cc(N2CC(C(=O)N3CCCN(C(=O)OCC(C)C)CC3)CC2=O)cc(OC)c1OC. The molecule has 2 heterocycles. The lowest BCUT2D eigenvalue weighted by atomic mass is 10.1. The first-order valence-electron chi connectivity index (χ1n) is 11.6. The topological polar surface area (TPSA) is 97.9 Å². The maximum Gasteiger partial charge on any atom is 0.409 e. The van der Waals surface area contributed by atoms with E-state index in [2.05, 4.69) is 0 Å². The summed E-state index contributed by atoms with van der Waals surface area (Å²) in [7, 11) is 4.54. The van der Waals surface area contributed by atoms with Crippen molar-refractivity contribution in [2.24, 2.45) is 11.8 Å². The van der Waals surface area contributed by atoms with E-state index < -0.39 is 5.92 Å². The average Bonchev–Trinajstić information content (AvgIpc) is 3.05. The van der Waals surface area contributed by atoms with Gasteiger partial charge in [0.25, 0.3) is 0 Å².